The minimum Gasteiger partial charge on any atom is -0.339 e. The molecule has 5 aliphatic rings. The zero-order chi connectivity index (χ0) is 20.3. The largest absolute Gasteiger partial charge is 0.339 e. The highest BCUT2D eigenvalue weighted by atomic mass is 19.1. The Morgan fingerprint density at radius 1 is 0.967 bits per heavy atom. The van der Waals surface area contributed by atoms with Gasteiger partial charge in [0.15, 0.2) is 0 Å². The molecule has 1 aromatic heterocycles. The van der Waals surface area contributed by atoms with E-state index in [0.717, 1.165) is 69.1 Å². The van der Waals surface area contributed by atoms with Crippen LogP contribution < -0.4 is 4.90 Å². The van der Waals surface area contributed by atoms with Gasteiger partial charge in [-0.25, -0.2) is 9.37 Å². The fourth-order valence-corrected chi connectivity index (χ4v) is 7.18. The normalized spacial score (nSPS) is 32.6. The van der Waals surface area contributed by atoms with E-state index in [9.17, 15) is 9.18 Å². The number of amides is 1. The predicted molar refractivity (Wildman–Crippen MR) is 113 cm³/mol. The molecular formula is C24H29FN4O. The number of hydrogen-bond donors (Lipinski definition) is 0. The first-order chi connectivity index (χ1) is 14.6. The van der Waals surface area contributed by atoms with Crippen LogP contribution in [0.25, 0.3) is 5.69 Å². The lowest BCUT2D eigenvalue weighted by atomic mass is 9.49. The van der Waals surface area contributed by atoms with E-state index in [1.165, 1.54) is 25.3 Å². The molecular weight excluding hydrogens is 379 g/mol. The maximum Gasteiger partial charge on any atom is 0.228 e. The topological polar surface area (TPSA) is 41.4 Å². The molecule has 0 N–H and O–H groups in total. The van der Waals surface area contributed by atoms with Gasteiger partial charge < -0.3 is 9.80 Å². The molecule has 30 heavy (non-hydrogen) atoms. The molecule has 0 atom stereocenters. The number of halogens is 1. The van der Waals surface area contributed by atoms with Crippen LogP contribution in [-0.4, -0.2) is 46.5 Å². The second-order valence-electron chi connectivity index (χ2n) is 10.0. The highest BCUT2D eigenvalue weighted by molar-refractivity contribution is 5.83. The van der Waals surface area contributed by atoms with E-state index in [2.05, 4.69) is 14.8 Å². The van der Waals surface area contributed by atoms with Gasteiger partial charge >= 0.3 is 0 Å². The first-order valence-corrected chi connectivity index (χ1v) is 11.4. The number of carbonyl (C=O) groups is 1. The molecule has 5 fully saturated rings. The molecule has 4 bridgehead atoms. The van der Waals surface area contributed by atoms with Crippen molar-refractivity contribution in [1.29, 1.82) is 0 Å². The summed E-state index contributed by atoms with van der Waals surface area (Å²) in [5.41, 5.74) is 0.444. The van der Waals surface area contributed by atoms with E-state index in [0.29, 0.717) is 11.6 Å². The maximum atomic E-state index is 14.3. The number of benzene rings is 1. The Morgan fingerprint density at radius 3 is 2.23 bits per heavy atom. The molecule has 158 valence electrons. The average molecular weight is 409 g/mol. The summed E-state index contributed by atoms with van der Waals surface area (Å²) in [5.74, 6) is 3.27. The number of carbonyl (C=O) groups excluding carboxylic acids is 1. The third-order valence-corrected chi connectivity index (χ3v) is 8.07. The standard InChI is InChI=1S/C24H29FN4O/c25-20-3-1-2-4-21(20)29-6-5-26-23(29)28-9-7-27(8-10-28)22(30)24-14-17-11-18(15-24)13-19(12-17)16-24/h1-6,17-19H,7-16H2. The summed E-state index contributed by atoms with van der Waals surface area (Å²) in [5, 5.41) is 0. The Bertz CT molecular complexity index is 926. The fraction of sp³-hybridized carbons (Fsp3) is 0.583. The minimum atomic E-state index is -0.257. The monoisotopic (exact) mass is 408 g/mol. The molecule has 6 heteroatoms. The summed E-state index contributed by atoms with van der Waals surface area (Å²) in [7, 11) is 0. The average Bonchev–Trinajstić information content (AvgIpc) is 3.22. The molecule has 4 aliphatic carbocycles. The smallest absolute Gasteiger partial charge is 0.228 e. The predicted octanol–water partition coefficient (Wildman–Crippen LogP) is 3.88. The fourth-order valence-electron chi connectivity index (χ4n) is 7.18. The summed E-state index contributed by atoms with van der Waals surface area (Å²) >= 11 is 0. The van der Waals surface area contributed by atoms with Crippen LogP contribution in [0, 0.1) is 29.0 Å². The van der Waals surface area contributed by atoms with Gasteiger partial charge in [0.05, 0.1) is 11.1 Å². The van der Waals surface area contributed by atoms with Gasteiger partial charge in [-0.1, -0.05) is 12.1 Å². The van der Waals surface area contributed by atoms with Crippen LogP contribution in [-0.2, 0) is 4.79 Å². The van der Waals surface area contributed by atoms with Crippen molar-refractivity contribution in [3.8, 4) is 5.69 Å². The van der Waals surface area contributed by atoms with Crippen LogP contribution in [0.1, 0.15) is 38.5 Å². The highest BCUT2D eigenvalue weighted by Crippen LogP contribution is 2.60. The highest BCUT2D eigenvalue weighted by Gasteiger charge is 2.55. The van der Waals surface area contributed by atoms with Crippen LogP contribution in [0.5, 0.6) is 0 Å². The van der Waals surface area contributed by atoms with Crippen molar-refractivity contribution in [2.75, 3.05) is 31.1 Å². The first kappa shape index (κ1) is 18.4. The quantitative estimate of drug-likeness (QED) is 0.774. The zero-order valence-corrected chi connectivity index (χ0v) is 17.3. The molecule has 1 aliphatic heterocycles. The third kappa shape index (κ3) is 2.87. The van der Waals surface area contributed by atoms with Gasteiger partial charge in [-0.2, -0.15) is 0 Å². The number of hydrogen-bond acceptors (Lipinski definition) is 3. The molecule has 1 aromatic carbocycles. The number of aromatic nitrogens is 2. The van der Waals surface area contributed by atoms with Crippen molar-refractivity contribution in [2.45, 2.75) is 38.5 Å². The third-order valence-electron chi connectivity index (χ3n) is 8.07. The summed E-state index contributed by atoms with van der Waals surface area (Å²) in [4.78, 5) is 22.4. The Labute approximate surface area is 176 Å². The van der Waals surface area contributed by atoms with E-state index in [-0.39, 0.29) is 11.2 Å². The molecule has 0 spiro atoms. The SMILES string of the molecule is O=C(N1CCN(c2nccn2-c2ccccc2F)CC1)C12CC3CC(CC(C3)C1)C2. The van der Waals surface area contributed by atoms with Gasteiger partial charge in [0.2, 0.25) is 11.9 Å². The summed E-state index contributed by atoms with van der Waals surface area (Å²) in [6, 6.07) is 6.78. The van der Waals surface area contributed by atoms with Gasteiger partial charge in [0.1, 0.15) is 5.82 Å². The summed E-state index contributed by atoms with van der Waals surface area (Å²) < 4.78 is 16.1. The van der Waals surface area contributed by atoms with E-state index < -0.39 is 0 Å². The van der Waals surface area contributed by atoms with Gasteiger partial charge in [0.25, 0.3) is 0 Å². The molecule has 1 saturated heterocycles. The van der Waals surface area contributed by atoms with E-state index in [1.54, 1.807) is 24.5 Å². The number of nitrogens with zero attached hydrogens (tertiary/aromatic N) is 4. The lowest BCUT2D eigenvalue weighted by Gasteiger charge is -2.57. The van der Waals surface area contributed by atoms with Gasteiger partial charge in [0, 0.05) is 38.6 Å². The van der Waals surface area contributed by atoms with Crippen molar-refractivity contribution in [3.05, 3.63) is 42.5 Å². The molecule has 2 aromatic rings. The number of piperazine rings is 1. The molecule has 7 rings (SSSR count). The number of anilines is 1. The van der Waals surface area contributed by atoms with Crippen LogP contribution in [0.15, 0.2) is 36.7 Å². The molecule has 0 unspecified atom stereocenters. The van der Waals surface area contributed by atoms with Gasteiger partial charge in [-0.05, 0) is 68.4 Å². The van der Waals surface area contributed by atoms with E-state index in [1.807, 2.05) is 10.6 Å². The molecule has 0 radical (unpaired) electrons. The number of imidazole rings is 1. The van der Waals surface area contributed by atoms with Gasteiger partial charge in [-0.3, -0.25) is 9.36 Å². The Hall–Kier alpha value is -2.37. The molecule has 2 heterocycles. The van der Waals surface area contributed by atoms with Crippen molar-refractivity contribution in [1.82, 2.24) is 14.5 Å². The first-order valence-electron chi connectivity index (χ1n) is 11.4. The van der Waals surface area contributed by atoms with Crippen molar-refractivity contribution in [3.63, 3.8) is 0 Å². The lowest BCUT2D eigenvalue weighted by molar-refractivity contribution is -0.158. The Balaban J connectivity index is 1.17. The Morgan fingerprint density at radius 2 is 1.60 bits per heavy atom. The van der Waals surface area contributed by atoms with Crippen molar-refractivity contribution in [2.24, 2.45) is 23.2 Å². The second kappa shape index (κ2) is 6.82. The summed E-state index contributed by atoms with van der Waals surface area (Å²) in [6.07, 6.45) is 11.0. The van der Waals surface area contributed by atoms with Crippen LogP contribution in [0.3, 0.4) is 0 Å². The lowest BCUT2D eigenvalue weighted by Crippen LogP contribution is -2.58. The number of rotatable bonds is 3. The van der Waals surface area contributed by atoms with Crippen LogP contribution in [0.4, 0.5) is 10.3 Å². The van der Waals surface area contributed by atoms with Crippen molar-refractivity contribution < 1.29 is 9.18 Å². The van der Waals surface area contributed by atoms with Crippen molar-refractivity contribution >= 4 is 11.9 Å². The van der Waals surface area contributed by atoms with Crippen LogP contribution >= 0.6 is 0 Å². The maximum absolute atomic E-state index is 14.3. The molecule has 5 nitrogen and oxygen atoms in total. The van der Waals surface area contributed by atoms with Gasteiger partial charge in [-0.15, -0.1) is 0 Å². The molecule has 1 amide bonds. The second-order valence-corrected chi connectivity index (χ2v) is 10.0. The Kier molecular flexibility index (Phi) is 4.19. The van der Waals surface area contributed by atoms with E-state index in [4.69, 9.17) is 0 Å². The van der Waals surface area contributed by atoms with Crippen LogP contribution in [0.2, 0.25) is 0 Å². The summed E-state index contributed by atoms with van der Waals surface area (Å²) in [6.45, 7) is 2.93. The molecule has 4 saturated carbocycles. The zero-order valence-electron chi connectivity index (χ0n) is 17.3. The van der Waals surface area contributed by atoms with E-state index >= 15 is 0 Å². The number of para-hydroxylation sites is 1. The minimum absolute atomic E-state index is 0.0669.